The van der Waals surface area contributed by atoms with Gasteiger partial charge in [0.2, 0.25) is 0 Å². The average molecular weight is 309 g/mol. The summed E-state index contributed by atoms with van der Waals surface area (Å²) in [5.74, 6) is -0.166. The molecule has 120 valence electrons. The second kappa shape index (κ2) is 7.27. The Bertz CT molecular complexity index is 678. The summed E-state index contributed by atoms with van der Waals surface area (Å²) in [6.07, 6.45) is 7.54. The lowest BCUT2D eigenvalue weighted by Crippen LogP contribution is -2.17. The minimum atomic E-state index is -0.166. The molecule has 1 aliphatic carbocycles. The van der Waals surface area contributed by atoms with E-state index in [0.717, 1.165) is 23.4 Å². The van der Waals surface area contributed by atoms with Crippen molar-refractivity contribution in [3.05, 3.63) is 53.9 Å². The van der Waals surface area contributed by atoms with Gasteiger partial charge in [-0.2, -0.15) is 0 Å². The predicted octanol–water partition coefficient (Wildman–Crippen LogP) is 4.25. The lowest BCUT2D eigenvalue weighted by molar-refractivity contribution is 0.102. The Morgan fingerprint density at radius 1 is 1.22 bits per heavy atom. The average Bonchev–Trinajstić information content (AvgIpc) is 3.08. The van der Waals surface area contributed by atoms with Crippen molar-refractivity contribution in [3.8, 4) is 0 Å². The first kappa shape index (κ1) is 15.5. The summed E-state index contributed by atoms with van der Waals surface area (Å²) in [5, 5.41) is 6.47. The van der Waals surface area contributed by atoms with Crippen LogP contribution >= 0.6 is 0 Å². The smallest absolute Gasteiger partial charge is 0.274 e. The molecular formula is C19H23N3O. The summed E-state index contributed by atoms with van der Waals surface area (Å²) >= 11 is 0. The first-order valence-electron chi connectivity index (χ1n) is 8.38. The molecule has 0 saturated heterocycles. The number of hydrogen-bond acceptors (Lipinski definition) is 3. The molecule has 1 heterocycles. The van der Waals surface area contributed by atoms with Crippen molar-refractivity contribution in [2.24, 2.45) is 0 Å². The molecule has 1 aromatic carbocycles. The fourth-order valence-electron chi connectivity index (χ4n) is 3.09. The van der Waals surface area contributed by atoms with E-state index in [1.165, 1.54) is 25.7 Å². The van der Waals surface area contributed by atoms with Gasteiger partial charge in [0.1, 0.15) is 5.69 Å². The third-order valence-electron chi connectivity index (χ3n) is 4.37. The molecule has 0 unspecified atom stereocenters. The van der Waals surface area contributed by atoms with Gasteiger partial charge in [0.05, 0.1) is 0 Å². The van der Waals surface area contributed by atoms with Crippen LogP contribution < -0.4 is 10.6 Å². The number of para-hydroxylation sites is 1. The topological polar surface area (TPSA) is 54.0 Å². The van der Waals surface area contributed by atoms with Gasteiger partial charge in [-0.3, -0.25) is 9.78 Å². The van der Waals surface area contributed by atoms with Crippen LogP contribution in [0, 0.1) is 0 Å². The highest BCUT2D eigenvalue weighted by atomic mass is 16.1. The van der Waals surface area contributed by atoms with Crippen LogP contribution in [0.1, 0.15) is 48.7 Å². The summed E-state index contributed by atoms with van der Waals surface area (Å²) < 4.78 is 0. The molecule has 0 spiro atoms. The number of aryl methyl sites for hydroxylation is 1. The van der Waals surface area contributed by atoms with E-state index < -0.39 is 0 Å². The van der Waals surface area contributed by atoms with E-state index in [1.54, 1.807) is 6.20 Å². The highest BCUT2D eigenvalue weighted by Crippen LogP contribution is 2.22. The van der Waals surface area contributed by atoms with Gasteiger partial charge in [-0.25, -0.2) is 0 Å². The van der Waals surface area contributed by atoms with Crippen LogP contribution in [0.5, 0.6) is 0 Å². The first-order valence-corrected chi connectivity index (χ1v) is 8.38. The van der Waals surface area contributed by atoms with Crippen molar-refractivity contribution >= 4 is 17.3 Å². The third kappa shape index (κ3) is 3.89. The van der Waals surface area contributed by atoms with Gasteiger partial charge >= 0.3 is 0 Å². The molecule has 0 aliphatic heterocycles. The molecular weight excluding hydrogens is 286 g/mol. The number of carbonyl (C=O) groups excluding carboxylic acids is 1. The van der Waals surface area contributed by atoms with Crippen LogP contribution in [0.15, 0.2) is 42.6 Å². The number of pyridine rings is 1. The van der Waals surface area contributed by atoms with Crippen molar-refractivity contribution in [3.63, 3.8) is 0 Å². The predicted molar refractivity (Wildman–Crippen MR) is 93.9 cm³/mol. The Morgan fingerprint density at radius 3 is 2.78 bits per heavy atom. The molecule has 23 heavy (non-hydrogen) atoms. The first-order chi connectivity index (χ1) is 11.3. The minimum absolute atomic E-state index is 0.166. The molecule has 3 rings (SSSR count). The van der Waals surface area contributed by atoms with Gasteiger partial charge in [-0.1, -0.05) is 38.0 Å². The fourth-order valence-corrected chi connectivity index (χ4v) is 3.09. The molecule has 2 aromatic rings. The lowest BCUT2D eigenvalue weighted by atomic mass is 10.1. The summed E-state index contributed by atoms with van der Waals surface area (Å²) in [5.41, 5.74) is 3.40. The second-order valence-corrected chi connectivity index (χ2v) is 6.02. The number of hydrogen-bond donors (Lipinski definition) is 2. The quantitative estimate of drug-likeness (QED) is 0.868. The van der Waals surface area contributed by atoms with Crippen LogP contribution in [0.2, 0.25) is 0 Å². The number of rotatable bonds is 5. The summed E-state index contributed by atoms with van der Waals surface area (Å²) in [6.45, 7) is 2.08. The van der Waals surface area contributed by atoms with Gasteiger partial charge in [-0.05, 0) is 43.0 Å². The maximum absolute atomic E-state index is 12.5. The zero-order chi connectivity index (χ0) is 16.1. The molecule has 1 fully saturated rings. The Morgan fingerprint density at radius 2 is 2.00 bits per heavy atom. The van der Waals surface area contributed by atoms with Crippen molar-refractivity contribution in [1.29, 1.82) is 0 Å². The lowest BCUT2D eigenvalue weighted by Gasteiger charge is -2.14. The molecule has 0 radical (unpaired) electrons. The number of aromatic nitrogens is 1. The molecule has 0 bridgehead atoms. The molecule has 1 saturated carbocycles. The van der Waals surface area contributed by atoms with Crippen molar-refractivity contribution < 1.29 is 4.79 Å². The zero-order valence-corrected chi connectivity index (χ0v) is 13.5. The van der Waals surface area contributed by atoms with Crippen LogP contribution in [-0.2, 0) is 6.42 Å². The Kier molecular flexibility index (Phi) is 4.91. The summed E-state index contributed by atoms with van der Waals surface area (Å²) in [4.78, 5) is 16.7. The number of anilines is 2. The monoisotopic (exact) mass is 309 g/mol. The van der Waals surface area contributed by atoms with E-state index in [2.05, 4.69) is 22.5 Å². The standard InChI is InChI=1S/C19H23N3O/c1-2-14-7-3-6-10-17(14)22-19(23)18-13-16(11-12-20-18)21-15-8-4-5-9-15/h3,6-7,10-13,15H,2,4-5,8-9H2,1H3,(H,20,21)(H,22,23). The minimum Gasteiger partial charge on any atom is -0.382 e. The highest BCUT2D eigenvalue weighted by Gasteiger charge is 2.16. The van der Waals surface area contributed by atoms with Crippen LogP contribution in [-0.4, -0.2) is 16.9 Å². The molecule has 1 aromatic heterocycles. The zero-order valence-electron chi connectivity index (χ0n) is 13.5. The number of nitrogens with zero attached hydrogens (tertiary/aromatic N) is 1. The van der Waals surface area contributed by atoms with Gasteiger partial charge in [0.25, 0.3) is 5.91 Å². The molecule has 2 N–H and O–H groups in total. The van der Waals surface area contributed by atoms with E-state index >= 15 is 0 Å². The highest BCUT2D eigenvalue weighted by molar-refractivity contribution is 6.03. The van der Waals surface area contributed by atoms with E-state index in [9.17, 15) is 4.79 Å². The van der Waals surface area contributed by atoms with Gasteiger partial charge < -0.3 is 10.6 Å². The Hall–Kier alpha value is -2.36. The maximum atomic E-state index is 12.5. The van der Waals surface area contributed by atoms with Crippen LogP contribution in [0.4, 0.5) is 11.4 Å². The normalized spacial score (nSPS) is 14.7. The van der Waals surface area contributed by atoms with Crippen molar-refractivity contribution in [2.45, 2.75) is 45.1 Å². The molecule has 4 nitrogen and oxygen atoms in total. The molecule has 0 atom stereocenters. The Labute approximate surface area is 137 Å². The second-order valence-electron chi connectivity index (χ2n) is 6.02. The molecule has 1 amide bonds. The third-order valence-corrected chi connectivity index (χ3v) is 4.37. The Balaban J connectivity index is 1.71. The molecule has 1 aliphatic rings. The van der Waals surface area contributed by atoms with Crippen molar-refractivity contribution in [1.82, 2.24) is 4.98 Å². The van der Waals surface area contributed by atoms with Gasteiger partial charge in [-0.15, -0.1) is 0 Å². The largest absolute Gasteiger partial charge is 0.382 e. The number of benzene rings is 1. The van der Waals surface area contributed by atoms with Gasteiger partial charge in [0.15, 0.2) is 0 Å². The number of carbonyl (C=O) groups is 1. The van der Waals surface area contributed by atoms with Crippen molar-refractivity contribution in [2.75, 3.05) is 10.6 Å². The number of amides is 1. The van der Waals surface area contributed by atoms with Crippen LogP contribution in [0.3, 0.4) is 0 Å². The molecule has 4 heteroatoms. The number of nitrogens with one attached hydrogen (secondary N) is 2. The maximum Gasteiger partial charge on any atom is 0.274 e. The fraction of sp³-hybridized carbons (Fsp3) is 0.368. The summed E-state index contributed by atoms with van der Waals surface area (Å²) in [6, 6.07) is 12.2. The summed E-state index contributed by atoms with van der Waals surface area (Å²) in [7, 11) is 0. The van der Waals surface area contributed by atoms with Crippen LogP contribution in [0.25, 0.3) is 0 Å². The van der Waals surface area contributed by atoms with E-state index in [0.29, 0.717) is 11.7 Å². The SMILES string of the molecule is CCc1ccccc1NC(=O)c1cc(NC2CCCC2)ccn1. The van der Waals surface area contributed by atoms with E-state index in [1.807, 2.05) is 36.4 Å². The van der Waals surface area contributed by atoms with E-state index in [4.69, 9.17) is 0 Å². The van der Waals surface area contributed by atoms with Gasteiger partial charge in [0, 0.05) is 23.6 Å². The van der Waals surface area contributed by atoms with E-state index in [-0.39, 0.29) is 5.91 Å².